The van der Waals surface area contributed by atoms with Crippen LogP contribution in [0.25, 0.3) is 5.57 Å². The smallest absolute Gasteiger partial charge is 0.305 e. The van der Waals surface area contributed by atoms with Crippen LogP contribution in [-0.4, -0.2) is 93.8 Å². The van der Waals surface area contributed by atoms with Gasteiger partial charge in [-0.3, -0.25) is 24.9 Å². The summed E-state index contributed by atoms with van der Waals surface area (Å²) in [7, 11) is 8.01. The average Bonchev–Trinajstić information content (AvgIpc) is 3.06. The molecule has 9 nitrogen and oxygen atoms in total. The maximum absolute atomic E-state index is 13.1. The number of carbonyl (C=O) groups excluding carboxylic acids is 2. The highest BCUT2D eigenvalue weighted by Gasteiger charge is 2.44. The van der Waals surface area contributed by atoms with Gasteiger partial charge in [-0.25, -0.2) is 0 Å². The van der Waals surface area contributed by atoms with Crippen LogP contribution in [0.2, 0.25) is 0 Å². The predicted octanol–water partition coefficient (Wildman–Crippen LogP) is 5.07. The van der Waals surface area contributed by atoms with Crippen LogP contribution in [0.1, 0.15) is 37.8 Å². The minimum atomic E-state index is -0.540. The second-order valence-electron chi connectivity index (χ2n) is 12.3. The Morgan fingerprint density at radius 3 is 2.07 bits per heavy atom. The molecule has 0 aliphatic heterocycles. The zero-order chi connectivity index (χ0) is 33.2. The number of likely N-dealkylation sites (N-methyl/N-ethyl adjacent to an activating group) is 1. The molecule has 0 aromatic heterocycles. The number of benzene rings is 2. The topological polar surface area (TPSA) is 88.6 Å². The summed E-state index contributed by atoms with van der Waals surface area (Å²) in [6.45, 7) is 8.33. The van der Waals surface area contributed by atoms with Crippen LogP contribution in [0.5, 0.6) is 0 Å². The standard InChI is InChI=1S/C37H51N5O4/c1-7-40(5)30-19-13-28(14-20-30)34-36(44)35(37(34)45)29-15-21-32(22-16-29)42(8-2)24-25-46-33(43)10-9-23-41(6)31-17-11-27(12-18-31)26-38-39(3)4/h11-22,29,32,35,38,44H,7-10,23-26H2,1-6H3. The van der Waals surface area contributed by atoms with Crippen LogP contribution in [0.4, 0.5) is 11.4 Å². The molecule has 0 saturated heterocycles. The van der Waals surface area contributed by atoms with Gasteiger partial charge in [0.1, 0.15) is 12.4 Å². The summed E-state index contributed by atoms with van der Waals surface area (Å²) in [5.41, 5.74) is 7.85. The van der Waals surface area contributed by atoms with Gasteiger partial charge in [-0.2, -0.15) is 0 Å². The molecule has 2 aromatic carbocycles. The highest BCUT2D eigenvalue weighted by molar-refractivity contribution is 6.29. The normalized spacial score (nSPS) is 19.1. The van der Waals surface area contributed by atoms with Gasteiger partial charge in [0.2, 0.25) is 0 Å². The van der Waals surface area contributed by atoms with E-state index in [-0.39, 0.29) is 29.5 Å². The van der Waals surface area contributed by atoms with Gasteiger partial charge in [0.25, 0.3) is 0 Å². The zero-order valence-corrected chi connectivity index (χ0v) is 28.3. The summed E-state index contributed by atoms with van der Waals surface area (Å²) < 4.78 is 5.56. The minimum absolute atomic E-state index is 0.0247. The Balaban J connectivity index is 1.18. The monoisotopic (exact) mass is 629 g/mol. The van der Waals surface area contributed by atoms with E-state index in [0.717, 1.165) is 49.5 Å². The van der Waals surface area contributed by atoms with Gasteiger partial charge in [0.15, 0.2) is 5.78 Å². The molecule has 2 N–H and O–H groups in total. The first kappa shape index (κ1) is 34.9. The van der Waals surface area contributed by atoms with E-state index in [0.29, 0.717) is 25.1 Å². The van der Waals surface area contributed by atoms with Crippen LogP contribution in [-0.2, 0) is 20.9 Å². The van der Waals surface area contributed by atoms with Crippen molar-refractivity contribution >= 4 is 28.7 Å². The lowest BCUT2D eigenvalue weighted by Crippen LogP contribution is -2.39. The number of aliphatic hydroxyl groups excluding tert-OH is 1. The second-order valence-corrected chi connectivity index (χ2v) is 12.3. The molecule has 1 atom stereocenters. The summed E-state index contributed by atoms with van der Waals surface area (Å²) in [6, 6.07) is 16.2. The number of anilines is 2. The van der Waals surface area contributed by atoms with Crippen molar-refractivity contribution in [2.24, 2.45) is 11.8 Å². The van der Waals surface area contributed by atoms with Crippen LogP contribution in [0, 0.1) is 11.8 Å². The maximum Gasteiger partial charge on any atom is 0.305 e. The number of esters is 1. The van der Waals surface area contributed by atoms with Gasteiger partial charge in [0.05, 0.1) is 11.5 Å². The molecule has 248 valence electrons. The van der Waals surface area contributed by atoms with Crippen molar-refractivity contribution in [3.05, 3.63) is 89.7 Å². The Morgan fingerprint density at radius 1 is 0.848 bits per heavy atom. The highest BCUT2D eigenvalue weighted by atomic mass is 16.5. The van der Waals surface area contributed by atoms with E-state index in [2.05, 4.69) is 70.4 Å². The molecule has 0 radical (unpaired) electrons. The molecule has 0 spiro atoms. The van der Waals surface area contributed by atoms with Crippen LogP contribution in [0.15, 0.2) is 78.6 Å². The number of Topliss-reactive ketones (excluding diaryl/α,β-unsaturated/α-hetero) is 1. The molecule has 2 aliphatic carbocycles. The Hall–Kier alpha value is -3.92. The SMILES string of the molecule is CCN(C)c1ccc(C2=C(O)C(C3C=CC(N(CC)CCOC(=O)CCCN(C)c4ccc(CNN(C)C)cc4)C=C3)C2=O)cc1. The van der Waals surface area contributed by atoms with Crippen LogP contribution < -0.4 is 15.2 Å². The van der Waals surface area contributed by atoms with Crippen molar-refractivity contribution in [1.29, 1.82) is 0 Å². The fourth-order valence-corrected chi connectivity index (χ4v) is 5.85. The third-order valence-electron chi connectivity index (χ3n) is 8.92. The van der Waals surface area contributed by atoms with Crippen molar-refractivity contribution in [3.63, 3.8) is 0 Å². The van der Waals surface area contributed by atoms with Gasteiger partial charge in [0, 0.05) is 84.1 Å². The van der Waals surface area contributed by atoms with Crippen molar-refractivity contribution in [2.75, 3.05) is 70.8 Å². The van der Waals surface area contributed by atoms with E-state index in [9.17, 15) is 14.7 Å². The van der Waals surface area contributed by atoms with Crippen LogP contribution >= 0.6 is 0 Å². The summed E-state index contributed by atoms with van der Waals surface area (Å²) in [6.07, 6.45) is 9.27. The Morgan fingerprint density at radius 2 is 1.48 bits per heavy atom. The molecule has 0 saturated carbocycles. The van der Waals surface area contributed by atoms with Gasteiger partial charge >= 0.3 is 5.97 Å². The third-order valence-corrected chi connectivity index (χ3v) is 8.92. The number of carbonyl (C=O) groups is 2. The molecule has 1 unspecified atom stereocenters. The number of ether oxygens (including phenoxy) is 1. The maximum atomic E-state index is 13.1. The van der Waals surface area contributed by atoms with Crippen molar-refractivity contribution < 1.29 is 19.4 Å². The summed E-state index contributed by atoms with van der Waals surface area (Å²) >= 11 is 0. The number of nitrogens with zero attached hydrogens (tertiary/aromatic N) is 4. The summed E-state index contributed by atoms with van der Waals surface area (Å²) in [5.74, 6) is -0.760. The number of aliphatic hydroxyl groups is 1. The van der Waals surface area contributed by atoms with Crippen molar-refractivity contribution in [1.82, 2.24) is 15.3 Å². The van der Waals surface area contributed by atoms with Gasteiger partial charge in [-0.05, 0) is 55.3 Å². The van der Waals surface area contributed by atoms with E-state index >= 15 is 0 Å². The van der Waals surface area contributed by atoms with E-state index in [1.165, 1.54) is 5.56 Å². The molecule has 46 heavy (non-hydrogen) atoms. The molecule has 9 heteroatoms. The fraction of sp³-hybridized carbons (Fsp3) is 0.459. The van der Waals surface area contributed by atoms with E-state index in [4.69, 9.17) is 4.74 Å². The van der Waals surface area contributed by atoms with Gasteiger partial charge in [-0.15, -0.1) is 0 Å². The van der Waals surface area contributed by atoms with E-state index in [1.807, 2.05) is 69.6 Å². The van der Waals surface area contributed by atoms with Crippen molar-refractivity contribution in [2.45, 2.75) is 39.3 Å². The Bertz CT molecular complexity index is 1390. The minimum Gasteiger partial charge on any atom is -0.511 e. The number of allylic oxidation sites excluding steroid dienone is 4. The first-order valence-corrected chi connectivity index (χ1v) is 16.4. The molecular weight excluding hydrogens is 578 g/mol. The average molecular weight is 630 g/mol. The lowest BCUT2D eigenvalue weighted by molar-refractivity contribution is -0.144. The van der Waals surface area contributed by atoms with E-state index in [1.54, 1.807) is 0 Å². The molecular formula is C37H51N5O4. The predicted molar refractivity (Wildman–Crippen MR) is 187 cm³/mol. The van der Waals surface area contributed by atoms with Crippen molar-refractivity contribution in [3.8, 4) is 0 Å². The van der Waals surface area contributed by atoms with Gasteiger partial charge < -0.3 is 19.6 Å². The molecule has 0 fully saturated rings. The Labute approximate surface area is 274 Å². The molecule has 2 aromatic rings. The lowest BCUT2D eigenvalue weighted by Gasteiger charge is -2.34. The molecule has 0 amide bonds. The largest absolute Gasteiger partial charge is 0.511 e. The fourth-order valence-electron chi connectivity index (χ4n) is 5.85. The van der Waals surface area contributed by atoms with Crippen LogP contribution in [0.3, 0.4) is 0 Å². The number of hydrogen-bond acceptors (Lipinski definition) is 9. The number of rotatable bonds is 17. The highest BCUT2D eigenvalue weighted by Crippen LogP contribution is 2.42. The molecule has 4 rings (SSSR count). The molecule has 0 bridgehead atoms. The number of hydrazine groups is 1. The number of ketones is 1. The first-order valence-electron chi connectivity index (χ1n) is 16.4. The summed E-state index contributed by atoms with van der Waals surface area (Å²) in [5, 5.41) is 12.8. The van der Waals surface area contributed by atoms with E-state index < -0.39 is 5.92 Å². The molecule has 2 aliphatic rings. The third kappa shape index (κ3) is 8.87. The second kappa shape index (κ2) is 16.6. The Kier molecular flexibility index (Phi) is 12.6. The molecule has 0 heterocycles. The zero-order valence-electron chi connectivity index (χ0n) is 28.3. The quantitative estimate of drug-likeness (QED) is 0.142. The first-order chi connectivity index (χ1) is 22.1. The van der Waals surface area contributed by atoms with Gasteiger partial charge in [-0.1, -0.05) is 55.5 Å². The number of nitrogens with one attached hydrogen (secondary N) is 1. The lowest BCUT2D eigenvalue weighted by atomic mass is 9.71. The summed E-state index contributed by atoms with van der Waals surface area (Å²) in [4.78, 5) is 32.0. The number of hydrogen-bond donors (Lipinski definition) is 2.